The van der Waals surface area contributed by atoms with Gasteiger partial charge in [-0.15, -0.1) is 0 Å². The first-order chi connectivity index (χ1) is 7.50. The SMILES string of the molecule is Cc1cc(Cl)ccc1OCC[C@H](N)C(N)=O. The van der Waals surface area contributed by atoms with Crippen LogP contribution in [0.1, 0.15) is 12.0 Å². The summed E-state index contributed by atoms with van der Waals surface area (Å²) in [6.07, 6.45) is 0.400. The molecule has 1 rings (SSSR count). The normalized spacial score (nSPS) is 12.2. The number of carbonyl (C=O) groups excluding carboxylic acids is 1. The third kappa shape index (κ3) is 3.72. The Morgan fingerprint density at radius 2 is 2.25 bits per heavy atom. The van der Waals surface area contributed by atoms with Crippen molar-refractivity contribution in [2.45, 2.75) is 19.4 Å². The van der Waals surface area contributed by atoms with E-state index in [2.05, 4.69) is 0 Å². The molecule has 1 aromatic carbocycles. The molecule has 0 fully saturated rings. The van der Waals surface area contributed by atoms with Gasteiger partial charge in [0.25, 0.3) is 0 Å². The Balaban J connectivity index is 2.46. The zero-order valence-corrected chi connectivity index (χ0v) is 9.83. The van der Waals surface area contributed by atoms with E-state index in [0.717, 1.165) is 11.3 Å². The average Bonchev–Trinajstić information content (AvgIpc) is 2.20. The van der Waals surface area contributed by atoms with E-state index >= 15 is 0 Å². The summed E-state index contributed by atoms with van der Waals surface area (Å²) in [6.45, 7) is 2.25. The van der Waals surface area contributed by atoms with Crippen molar-refractivity contribution in [2.24, 2.45) is 11.5 Å². The number of amides is 1. The van der Waals surface area contributed by atoms with E-state index in [-0.39, 0.29) is 0 Å². The van der Waals surface area contributed by atoms with Gasteiger partial charge in [0, 0.05) is 11.4 Å². The Labute approximate surface area is 99.5 Å². The summed E-state index contributed by atoms with van der Waals surface area (Å²) in [4.78, 5) is 10.7. The fourth-order valence-electron chi connectivity index (χ4n) is 1.21. The van der Waals surface area contributed by atoms with Crippen LogP contribution >= 0.6 is 11.6 Å². The predicted octanol–water partition coefficient (Wildman–Crippen LogP) is 1.23. The van der Waals surface area contributed by atoms with Crippen LogP contribution in [0.3, 0.4) is 0 Å². The van der Waals surface area contributed by atoms with Crippen LogP contribution in [0.15, 0.2) is 18.2 Å². The number of hydrogen-bond acceptors (Lipinski definition) is 3. The van der Waals surface area contributed by atoms with E-state index < -0.39 is 11.9 Å². The van der Waals surface area contributed by atoms with Crippen LogP contribution in [0, 0.1) is 6.92 Å². The van der Waals surface area contributed by atoms with Crippen molar-refractivity contribution in [1.82, 2.24) is 0 Å². The molecule has 1 amide bonds. The first-order valence-corrected chi connectivity index (χ1v) is 5.32. The minimum atomic E-state index is -0.660. The first-order valence-electron chi connectivity index (χ1n) is 4.94. The predicted molar refractivity (Wildman–Crippen MR) is 63.5 cm³/mol. The topological polar surface area (TPSA) is 78.3 Å². The van der Waals surface area contributed by atoms with Gasteiger partial charge in [-0.3, -0.25) is 4.79 Å². The second-order valence-corrected chi connectivity index (χ2v) is 3.99. The number of rotatable bonds is 5. The molecule has 0 aliphatic rings. The highest BCUT2D eigenvalue weighted by Gasteiger charge is 2.09. The molecule has 4 N–H and O–H groups in total. The molecule has 0 aliphatic carbocycles. The zero-order chi connectivity index (χ0) is 12.1. The molecule has 1 aromatic rings. The number of nitrogens with two attached hydrogens (primary N) is 2. The van der Waals surface area contributed by atoms with E-state index in [0.29, 0.717) is 18.1 Å². The van der Waals surface area contributed by atoms with Crippen LogP contribution in [0.2, 0.25) is 5.02 Å². The van der Waals surface area contributed by atoms with Crippen LogP contribution in [0.4, 0.5) is 0 Å². The third-order valence-corrected chi connectivity index (χ3v) is 2.42. The van der Waals surface area contributed by atoms with Crippen molar-refractivity contribution in [2.75, 3.05) is 6.61 Å². The fourth-order valence-corrected chi connectivity index (χ4v) is 1.44. The highest BCUT2D eigenvalue weighted by atomic mass is 35.5. The molecular formula is C11H15ClN2O2. The summed E-state index contributed by atoms with van der Waals surface area (Å²) < 4.78 is 5.47. The number of primary amides is 1. The first kappa shape index (κ1) is 12.8. The highest BCUT2D eigenvalue weighted by molar-refractivity contribution is 6.30. The van der Waals surface area contributed by atoms with E-state index in [4.69, 9.17) is 27.8 Å². The van der Waals surface area contributed by atoms with Gasteiger partial charge >= 0.3 is 0 Å². The standard InChI is InChI=1S/C11H15ClN2O2/c1-7-6-8(12)2-3-10(7)16-5-4-9(13)11(14)15/h2-3,6,9H,4-5,13H2,1H3,(H2,14,15)/t9-/m0/s1. The molecule has 0 saturated heterocycles. The number of carbonyl (C=O) groups is 1. The molecule has 88 valence electrons. The van der Waals surface area contributed by atoms with Crippen molar-refractivity contribution in [3.8, 4) is 5.75 Å². The second kappa shape index (κ2) is 5.72. The lowest BCUT2D eigenvalue weighted by atomic mass is 10.2. The molecule has 0 radical (unpaired) electrons. The molecule has 0 saturated carbocycles. The molecular weight excluding hydrogens is 228 g/mol. The van der Waals surface area contributed by atoms with Gasteiger partial charge < -0.3 is 16.2 Å². The molecule has 0 unspecified atom stereocenters. The summed E-state index contributed by atoms with van der Waals surface area (Å²) in [6, 6.07) is 4.68. The smallest absolute Gasteiger partial charge is 0.234 e. The van der Waals surface area contributed by atoms with Crippen molar-refractivity contribution in [1.29, 1.82) is 0 Å². The number of aryl methyl sites for hydroxylation is 1. The second-order valence-electron chi connectivity index (χ2n) is 3.56. The average molecular weight is 243 g/mol. The largest absolute Gasteiger partial charge is 0.493 e. The van der Waals surface area contributed by atoms with Gasteiger partial charge in [-0.25, -0.2) is 0 Å². The molecule has 0 spiro atoms. The summed E-state index contributed by atoms with van der Waals surface area (Å²) in [7, 11) is 0. The number of ether oxygens (including phenoxy) is 1. The van der Waals surface area contributed by atoms with Crippen molar-refractivity contribution >= 4 is 17.5 Å². The Bertz CT molecular complexity index is 382. The molecule has 0 bridgehead atoms. The molecule has 0 heterocycles. The van der Waals surface area contributed by atoms with E-state index in [9.17, 15) is 4.79 Å². The number of benzene rings is 1. The molecule has 5 heteroatoms. The lowest BCUT2D eigenvalue weighted by Gasteiger charge is -2.11. The molecule has 0 aromatic heterocycles. The van der Waals surface area contributed by atoms with Gasteiger partial charge in [0.15, 0.2) is 0 Å². The zero-order valence-electron chi connectivity index (χ0n) is 9.07. The van der Waals surface area contributed by atoms with Crippen LogP contribution < -0.4 is 16.2 Å². The van der Waals surface area contributed by atoms with Gasteiger partial charge in [0.05, 0.1) is 12.6 Å². The lowest BCUT2D eigenvalue weighted by molar-refractivity contribution is -0.119. The highest BCUT2D eigenvalue weighted by Crippen LogP contribution is 2.21. The summed E-state index contributed by atoms with van der Waals surface area (Å²) in [5.74, 6) is 0.220. The van der Waals surface area contributed by atoms with Crippen molar-refractivity contribution in [3.63, 3.8) is 0 Å². The molecule has 1 atom stereocenters. The Morgan fingerprint density at radius 3 is 2.81 bits per heavy atom. The minimum absolute atomic E-state index is 0.354. The van der Waals surface area contributed by atoms with Gasteiger partial charge in [-0.2, -0.15) is 0 Å². The van der Waals surface area contributed by atoms with Gasteiger partial charge in [-0.1, -0.05) is 11.6 Å². The quantitative estimate of drug-likeness (QED) is 0.815. The third-order valence-electron chi connectivity index (χ3n) is 2.19. The Kier molecular flexibility index (Phi) is 4.58. The number of hydrogen-bond donors (Lipinski definition) is 2. The summed E-state index contributed by atoms with van der Waals surface area (Å²) >= 11 is 5.81. The Morgan fingerprint density at radius 1 is 1.56 bits per heavy atom. The van der Waals surface area contributed by atoms with Crippen LogP contribution in [-0.2, 0) is 4.79 Å². The molecule has 4 nitrogen and oxygen atoms in total. The van der Waals surface area contributed by atoms with Crippen molar-refractivity contribution < 1.29 is 9.53 Å². The van der Waals surface area contributed by atoms with Gasteiger partial charge in [0.1, 0.15) is 5.75 Å². The van der Waals surface area contributed by atoms with Gasteiger partial charge in [-0.05, 0) is 30.7 Å². The van der Waals surface area contributed by atoms with E-state index in [1.54, 1.807) is 12.1 Å². The van der Waals surface area contributed by atoms with Crippen LogP contribution in [0.5, 0.6) is 5.75 Å². The van der Waals surface area contributed by atoms with Gasteiger partial charge in [0.2, 0.25) is 5.91 Å². The van der Waals surface area contributed by atoms with Crippen molar-refractivity contribution in [3.05, 3.63) is 28.8 Å². The summed E-state index contributed by atoms with van der Waals surface area (Å²) in [5, 5.41) is 0.665. The maximum atomic E-state index is 10.7. The number of halogens is 1. The van der Waals surface area contributed by atoms with E-state index in [1.165, 1.54) is 0 Å². The molecule has 0 aliphatic heterocycles. The maximum absolute atomic E-state index is 10.7. The lowest BCUT2D eigenvalue weighted by Crippen LogP contribution is -2.37. The Hall–Kier alpha value is -1.26. The fraction of sp³-hybridized carbons (Fsp3) is 0.364. The van der Waals surface area contributed by atoms with Crippen LogP contribution in [0.25, 0.3) is 0 Å². The van der Waals surface area contributed by atoms with E-state index in [1.807, 2.05) is 13.0 Å². The molecule has 16 heavy (non-hydrogen) atoms. The minimum Gasteiger partial charge on any atom is -0.493 e. The monoisotopic (exact) mass is 242 g/mol. The summed E-state index contributed by atoms with van der Waals surface area (Å²) in [5.41, 5.74) is 11.4. The van der Waals surface area contributed by atoms with Crippen LogP contribution in [-0.4, -0.2) is 18.6 Å². The maximum Gasteiger partial charge on any atom is 0.234 e.